The monoisotopic (exact) mass is 222 g/mol. The summed E-state index contributed by atoms with van der Waals surface area (Å²) in [4.78, 5) is 2.18. The van der Waals surface area contributed by atoms with Gasteiger partial charge < -0.3 is 15.4 Å². The van der Waals surface area contributed by atoms with Crippen molar-refractivity contribution in [2.45, 2.75) is 19.9 Å². The van der Waals surface area contributed by atoms with Crippen molar-refractivity contribution in [3.05, 3.63) is 29.8 Å². The van der Waals surface area contributed by atoms with E-state index in [1.165, 1.54) is 11.3 Å². The molecule has 0 heterocycles. The molecule has 1 aromatic carbocycles. The minimum atomic E-state index is 0.0998. The molecule has 0 aromatic heterocycles. The summed E-state index contributed by atoms with van der Waals surface area (Å²) in [5.74, 6) is 0. The number of benzene rings is 1. The molecule has 2 N–H and O–H groups in total. The van der Waals surface area contributed by atoms with Crippen molar-refractivity contribution in [1.82, 2.24) is 0 Å². The van der Waals surface area contributed by atoms with Crippen LogP contribution in [0.1, 0.15) is 25.5 Å². The van der Waals surface area contributed by atoms with Crippen LogP contribution in [0, 0.1) is 0 Å². The first-order chi connectivity index (χ1) is 7.65. The lowest BCUT2D eigenvalue weighted by Gasteiger charge is -2.19. The van der Waals surface area contributed by atoms with E-state index in [9.17, 15) is 0 Å². The van der Waals surface area contributed by atoms with Gasteiger partial charge in [0.15, 0.2) is 0 Å². The van der Waals surface area contributed by atoms with Gasteiger partial charge in [-0.2, -0.15) is 0 Å². The van der Waals surface area contributed by atoms with Crippen LogP contribution in [0.15, 0.2) is 24.3 Å². The number of hydrogen-bond donors (Lipinski definition) is 1. The maximum atomic E-state index is 5.80. The highest BCUT2D eigenvalue weighted by molar-refractivity contribution is 5.47. The Morgan fingerprint density at radius 3 is 2.44 bits per heavy atom. The van der Waals surface area contributed by atoms with Crippen molar-refractivity contribution < 1.29 is 4.74 Å². The second kappa shape index (κ2) is 6.51. The van der Waals surface area contributed by atoms with Gasteiger partial charge in [-0.15, -0.1) is 0 Å². The Morgan fingerprint density at radius 1 is 1.31 bits per heavy atom. The summed E-state index contributed by atoms with van der Waals surface area (Å²) in [6.45, 7) is 6.45. The van der Waals surface area contributed by atoms with E-state index >= 15 is 0 Å². The van der Waals surface area contributed by atoms with E-state index in [-0.39, 0.29) is 6.04 Å². The third-order valence-corrected chi connectivity index (χ3v) is 2.63. The van der Waals surface area contributed by atoms with Crippen LogP contribution in [0.2, 0.25) is 0 Å². The maximum Gasteiger partial charge on any atom is 0.0641 e. The van der Waals surface area contributed by atoms with Gasteiger partial charge in [0.1, 0.15) is 0 Å². The standard InChI is InChI=1S/C13H22N2O/c1-4-16-10-9-15(3)13-7-5-12(6-8-13)11(2)14/h5-8,11H,4,9-10,14H2,1-3H3/t11-/m1/s1. The van der Waals surface area contributed by atoms with Crippen LogP contribution in [0.4, 0.5) is 5.69 Å². The average molecular weight is 222 g/mol. The van der Waals surface area contributed by atoms with E-state index in [4.69, 9.17) is 10.5 Å². The van der Waals surface area contributed by atoms with Gasteiger partial charge in [0.2, 0.25) is 0 Å². The highest BCUT2D eigenvalue weighted by Gasteiger charge is 2.02. The molecular formula is C13H22N2O. The molecule has 0 aliphatic heterocycles. The molecular weight excluding hydrogens is 200 g/mol. The number of rotatable bonds is 6. The normalized spacial score (nSPS) is 12.5. The third kappa shape index (κ3) is 3.83. The highest BCUT2D eigenvalue weighted by Crippen LogP contribution is 2.16. The molecule has 3 nitrogen and oxygen atoms in total. The van der Waals surface area contributed by atoms with E-state index in [2.05, 4.69) is 36.2 Å². The van der Waals surface area contributed by atoms with E-state index in [1.807, 2.05) is 13.8 Å². The van der Waals surface area contributed by atoms with Gasteiger partial charge in [-0.1, -0.05) is 12.1 Å². The number of ether oxygens (including phenoxy) is 1. The Labute approximate surface area is 98.2 Å². The van der Waals surface area contributed by atoms with Crippen LogP contribution in [0.25, 0.3) is 0 Å². The van der Waals surface area contributed by atoms with Crippen molar-refractivity contribution in [3.8, 4) is 0 Å². The first-order valence-corrected chi connectivity index (χ1v) is 5.79. The topological polar surface area (TPSA) is 38.5 Å². The summed E-state index contributed by atoms with van der Waals surface area (Å²) in [6, 6.07) is 8.46. The number of nitrogens with zero attached hydrogens (tertiary/aromatic N) is 1. The summed E-state index contributed by atoms with van der Waals surface area (Å²) in [7, 11) is 2.07. The van der Waals surface area contributed by atoms with Gasteiger partial charge >= 0.3 is 0 Å². The highest BCUT2D eigenvalue weighted by atomic mass is 16.5. The molecule has 0 amide bonds. The number of nitrogens with two attached hydrogens (primary N) is 1. The lowest BCUT2D eigenvalue weighted by Crippen LogP contribution is -2.22. The second-order valence-electron chi connectivity index (χ2n) is 4.00. The Hall–Kier alpha value is -1.06. The fourth-order valence-electron chi connectivity index (χ4n) is 1.51. The Bertz CT molecular complexity index is 295. The van der Waals surface area contributed by atoms with E-state index < -0.39 is 0 Å². The summed E-state index contributed by atoms with van der Waals surface area (Å²) in [6.07, 6.45) is 0. The minimum absolute atomic E-state index is 0.0998. The predicted octanol–water partition coefficient (Wildman–Crippen LogP) is 2.18. The third-order valence-electron chi connectivity index (χ3n) is 2.63. The lowest BCUT2D eigenvalue weighted by molar-refractivity contribution is 0.154. The molecule has 0 fully saturated rings. The molecule has 1 rings (SSSR count). The summed E-state index contributed by atoms with van der Waals surface area (Å²) < 4.78 is 5.33. The van der Waals surface area contributed by atoms with Crippen LogP contribution in [0.3, 0.4) is 0 Å². The van der Waals surface area contributed by atoms with Crippen LogP contribution >= 0.6 is 0 Å². The number of hydrogen-bond acceptors (Lipinski definition) is 3. The van der Waals surface area contributed by atoms with E-state index in [0.717, 1.165) is 19.8 Å². The Balaban J connectivity index is 2.52. The van der Waals surface area contributed by atoms with E-state index in [1.54, 1.807) is 0 Å². The van der Waals surface area contributed by atoms with Crippen molar-refractivity contribution in [2.24, 2.45) is 5.73 Å². The van der Waals surface area contributed by atoms with Gasteiger partial charge in [-0.25, -0.2) is 0 Å². The molecule has 0 saturated carbocycles. The molecule has 3 heteroatoms. The minimum Gasteiger partial charge on any atom is -0.380 e. The molecule has 16 heavy (non-hydrogen) atoms. The van der Waals surface area contributed by atoms with Gasteiger partial charge in [0.25, 0.3) is 0 Å². The molecule has 0 bridgehead atoms. The Kier molecular flexibility index (Phi) is 5.29. The zero-order chi connectivity index (χ0) is 12.0. The number of likely N-dealkylation sites (N-methyl/N-ethyl adjacent to an activating group) is 1. The van der Waals surface area contributed by atoms with Crippen LogP contribution < -0.4 is 10.6 Å². The number of anilines is 1. The lowest BCUT2D eigenvalue weighted by atomic mass is 10.1. The second-order valence-corrected chi connectivity index (χ2v) is 4.00. The first kappa shape index (κ1) is 13.0. The zero-order valence-electron chi connectivity index (χ0n) is 10.4. The quantitative estimate of drug-likeness (QED) is 0.750. The van der Waals surface area contributed by atoms with Crippen molar-refractivity contribution in [2.75, 3.05) is 31.7 Å². The fraction of sp³-hybridized carbons (Fsp3) is 0.538. The molecule has 1 aromatic rings. The van der Waals surface area contributed by atoms with Gasteiger partial charge in [-0.05, 0) is 31.5 Å². The van der Waals surface area contributed by atoms with Gasteiger partial charge in [0.05, 0.1) is 6.61 Å². The van der Waals surface area contributed by atoms with Crippen LogP contribution in [-0.4, -0.2) is 26.8 Å². The molecule has 0 spiro atoms. The summed E-state index contributed by atoms with van der Waals surface area (Å²) in [5, 5.41) is 0. The molecule has 0 aliphatic carbocycles. The van der Waals surface area contributed by atoms with Crippen molar-refractivity contribution >= 4 is 5.69 Å². The smallest absolute Gasteiger partial charge is 0.0641 e. The van der Waals surface area contributed by atoms with Gasteiger partial charge in [-0.3, -0.25) is 0 Å². The Morgan fingerprint density at radius 2 is 1.94 bits per heavy atom. The molecule has 0 radical (unpaired) electrons. The molecule has 1 atom stereocenters. The van der Waals surface area contributed by atoms with Gasteiger partial charge in [0, 0.05) is 31.9 Å². The predicted molar refractivity (Wildman–Crippen MR) is 68.8 cm³/mol. The molecule has 90 valence electrons. The van der Waals surface area contributed by atoms with Crippen LogP contribution in [-0.2, 0) is 4.74 Å². The maximum absolute atomic E-state index is 5.80. The first-order valence-electron chi connectivity index (χ1n) is 5.79. The SMILES string of the molecule is CCOCCN(C)c1ccc([C@@H](C)N)cc1. The summed E-state index contributed by atoms with van der Waals surface area (Å²) in [5.41, 5.74) is 8.17. The summed E-state index contributed by atoms with van der Waals surface area (Å²) >= 11 is 0. The fourth-order valence-corrected chi connectivity index (χ4v) is 1.51. The van der Waals surface area contributed by atoms with Crippen molar-refractivity contribution in [3.63, 3.8) is 0 Å². The largest absolute Gasteiger partial charge is 0.380 e. The average Bonchev–Trinajstić information content (AvgIpc) is 2.29. The van der Waals surface area contributed by atoms with Crippen molar-refractivity contribution in [1.29, 1.82) is 0 Å². The van der Waals surface area contributed by atoms with Crippen LogP contribution in [0.5, 0.6) is 0 Å². The molecule has 0 unspecified atom stereocenters. The van der Waals surface area contributed by atoms with E-state index in [0.29, 0.717) is 0 Å². The molecule has 0 aliphatic rings. The zero-order valence-corrected chi connectivity index (χ0v) is 10.4. The molecule has 0 saturated heterocycles.